The van der Waals surface area contributed by atoms with Crippen molar-refractivity contribution in [2.75, 3.05) is 32.9 Å². The van der Waals surface area contributed by atoms with Crippen LogP contribution in [0.3, 0.4) is 0 Å². The van der Waals surface area contributed by atoms with Gasteiger partial charge in [0, 0.05) is 31.5 Å². The summed E-state index contributed by atoms with van der Waals surface area (Å²) < 4.78 is 11.1. The van der Waals surface area contributed by atoms with Crippen LogP contribution in [0.2, 0.25) is 0 Å². The lowest BCUT2D eigenvalue weighted by atomic mass is 10.1. The molecule has 3 nitrogen and oxygen atoms in total. The van der Waals surface area contributed by atoms with Gasteiger partial charge in [-0.15, -0.1) is 0 Å². The van der Waals surface area contributed by atoms with Gasteiger partial charge in [-0.1, -0.05) is 30.4 Å². The van der Waals surface area contributed by atoms with Gasteiger partial charge in [-0.2, -0.15) is 0 Å². The van der Waals surface area contributed by atoms with Crippen molar-refractivity contribution in [1.82, 2.24) is 4.90 Å². The van der Waals surface area contributed by atoms with Crippen molar-refractivity contribution in [3.05, 3.63) is 29.3 Å². The molecule has 18 heavy (non-hydrogen) atoms. The van der Waals surface area contributed by atoms with E-state index in [0.29, 0.717) is 0 Å². The molecule has 2 aliphatic heterocycles. The molecule has 1 fully saturated rings. The van der Waals surface area contributed by atoms with E-state index in [4.69, 9.17) is 21.7 Å². The Morgan fingerprint density at radius 3 is 2.89 bits per heavy atom. The van der Waals surface area contributed by atoms with Gasteiger partial charge >= 0.3 is 0 Å². The average Bonchev–Trinajstić information content (AvgIpc) is 2.89. The molecule has 4 heteroatoms. The number of rotatable bonds is 2. The molecule has 1 aromatic carbocycles. The van der Waals surface area contributed by atoms with Gasteiger partial charge in [0.1, 0.15) is 5.75 Å². The summed E-state index contributed by atoms with van der Waals surface area (Å²) in [5.41, 5.74) is 2.54. The first-order valence-electron chi connectivity index (χ1n) is 6.44. The molecule has 1 aromatic rings. The van der Waals surface area contributed by atoms with E-state index in [1.807, 2.05) is 0 Å². The average molecular weight is 263 g/mol. The first-order chi connectivity index (χ1) is 8.84. The normalized spacial score (nSPS) is 18.3. The van der Waals surface area contributed by atoms with Crippen LogP contribution in [-0.4, -0.2) is 42.8 Å². The Bertz CT molecular complexity index is 455. The van der Waals surface area contributed by atoms with Crippen molar-refractivity contribution in [2.45, 2.75) is 12.8 Å². The summed E-state index contributed by atoms with van der Waals surface area (Å²) in [6.45, 7) is 4.19. The summed E-state index contributed by atoms with van der Waals surface area (Å²) in [5, 5.41) is 0. The van der Waals surface area contributed by atoms with Crippen molar-refractivity contribution < 1.29 is 9.47 Å². The van der Waals surface area contributed by atoms with Crippen molar-refractivity contribution in [1.29, 1.82) is 0 Å². The molecule has 0 unspecified atom stereocenters. The Morgan fingerprint density at radius 2 is 2.06 bits per heavy atom. The minimum Gasteiger partial charge on any atom is -0.493 e. The molecule has 0 saturated carbocycles. The molecule has 0 aliphatic carbocycles. The molecule has 0 aromatic heterocycles. The quantitative estimate of drug-likeness (QED) is 0.759. The highest BCUT2D eigenvalue weighted by molar-refractivity contribution is 7.80. The highest BCUT2D eigenvalue weighted by Gasteiger charge is 2.19. The van der Waals surface area contributed by atoms with Gasteiger partial charge in [-0.05, 0) is 5.56 Å². The molecule has 1 saturated heterocycles. The van der Waals surface area contributed by atoms with E-state index in [2.05, 4.69) is 23.1 Å². The summed E-state index contributed by atoms with van der Waals surface area (Å²) in [7, 11) is 0. The molecule has 0 amide bonds. The zero-order valence-corrected chi connectivity index (χ0v) is 11.2. The van der Waals surface area contributed by atoms with Crippen LogP contribution < -0.4 is 4.74 Å². The number of morpholine rings is 1. The van der Waals surface area contributed by atoms with Gasteiger partial charge in [-0.25, -0.2) is 0 Å². The SMILES string of the molecule is S=C(Cc1cccc2c1OCC2)N1CCOCC1. The maximum absolute atomic E-state index is 5.71. The number of fused-ring (bicyclic) bond motifs is 1. The highest BCUT2D eigenvalue weighted by atomic mass is 32.1. The van der Waals surface area contributed by atoms with E-state index in [-0.39, 0.29) is 0 Å². The van der Waals surface area contributed by atoms with Gasteiger partial charge < -0.3 is 14.4 Å². The molecular formula is C14H17NO2S. The molecule has 0 radical (unpaired) electrons. The topological polar surface area (TPSA) is 21.7 Å². The van der Waals surface area contributed by atoms with E-state index in [0.717, 1.165) is 56.5 Å². The van der Waals surface area contributed by atoms with E-state index in [1.165, 1.54) is 11.1 Å². The Kier molecular flexibility index (Phi) is 3.48. The number of hydrogen-bond acceptors (Lipinski definition) is 3. The summed E-state index contributed by atoms with van der Waals surface area (Å²) >= 11 is 5.54. The molecule has 0 spiro atoms. The number of hydrogen-bond donors (Lipinski definition) is 0. The van der Waals surface area contributed by atoms with Gasteiger partial charge in [0.2, 0.25) is 0 Å². The number of para-hydroxylation sites is 1. The fraction of sp³-hybridized carbons (Fsp3) is 0.500. The minimum absolute atomic E-state index is 0.781. The van der Waals surface area contributed by atoms with Crippen LogP contribution in [0.15, 0.2) is 18.2 Å². The first kappa shape index (κ1) is 11.9. The lowest BCUT2D eigenvalue weighted by molar-refractivity contribution is 0.0684. The molecule has 96 valence electrons. The standard InChI is InChI=1S/C14H17NO2S/c18-13(15-5-8-16-9-6-15)10-12-3-1-2-11-4-7-17-14(11)12/h1-3H,4-10H2. The summed E-state index contributed by atoms with van der Waals surface area (Å²) in [4.78, 5) is 3.25. The first-order valence-corrected chi connectivity index (χ1v) is 6.84. The van der Waals surface area contributed by atoms with Crippen molar-refractivity contribution >= 4 is 17.2 Å². The lowest BCUT2D eigenvalue weighted by Gasteiger charge is -2.29. The summed E-state index contributed by atoms with van der Waals surface area (Å²) in [6.07, 6.45) is 1.83. The zero-order chi connectivity index (χ0) is 12.4. The third-order valence-electron chi connectivity index (χ3n) is 3.50. The van der Waals surface area contributed by atoms with E-state index in [9.17, 15) is 0 Å². The van der Waals surface area contributed by atoms with Crippen LogP contribution in [0.25, 0.3) is 0 Å². The minimum atomic E-state index is 0.781. The maximum atomic E-state index is 5.71. The van der Waals surface area contributed by atoms with Crippen molar-refractivity contribution in [3.8, 4) is 5.75 Å². The third-order valence-corrected chi connectivity index (χ3v) is 3.90. The van der Waals surface area contributed by atoms with Crippen LogP contribution in [-0.2, 0) is 17.6 Å². The second-order valence-electron chi connectivity index (χ2n) is 4.67. The highest BCUT2D eigenvalue weighted by Crippen LogP contribution is 2.30. The van der Waals surface area contributed by atoms with Gasteiger partial charge in [0.25, 0.3) is 0 Å². The van der Waals surface area contributed by atoms with E-state index >= 15 is 0 Å². The van der Waals surface area contributed by atoms with Gasteiger partial charge in [-0.3, -0.25) is 0 Å². The number of benzene rings is 1. The molecule has 0 atom stereocenters. The van der Waals surface area contributed by atoms with E-state index in [1.54, 1.807) is 0 Å². The monoisotopic (exact) mass is 263 g/mol. The number of nitrogens with zero attached hydrogens (tertiary/aromatic N) is 1. The number of thiocarbonyl (C=S) groups is 1. The van der Waals surface area contributed by atoms with Gasteiger partial charge in [0.05, 0.1) is 24.8 Å². The number of ether oxygens (including phenoxy) is 2. The van der Waals surface area contributed by atoms with Crippen LogP contribution in [0.5, 0.6) is 5.75 Å². The second kappa shape index (κ2) is 5.24. The molecule has 3 rings (SSSR count). The second-order valence-corrected chi connectivity index (χ2v) is 5.15. The van der Waals surface area contributed by atoms with Crippen LogP contribution in [0.4, 0.5) is 0 Å². The maximum Gasteiger partial charge on any atom is 0.126 e. The zero-order valence-electron chi connectivity index (χ0n) is 10.4. The largest absolute Gasteiger partial charge is 0.493 e. The smallest absolute Gasteiger partial charge is 0.126 e. The molecule has 2 heterocycles. The van der Waals surface area contributed by atoms with Crippen LogP contribution >= 0.6 is 12.2 Å². The third kappa shape index (κ3) is 2.35. The fourth-order valence-corrected chi connectivity index (χ4v) is 2.85. The van der Waals surface area contributed by atoms with E-state index < -0.39 is 0 Å². The Labute approximate surface area is 113 Å². The molecule has 2 aliphatic rings. The van der Waals surface area contributed by atoms with Gasteiger partial charge in [0.15, 0.2) is 0 Å². The summed E-state index contributed by atoms with van der Waals surface area (Å²) in [6, 6.07) is 6.37. The molecular weight excluding hydrogens is 246 g/mol. The Morgan fingerprint density at radius 1 is 1.22 bits per heavy atom. The van der Waals surface area contributed by atoms with Crippen molar-refractivity contribution in [3.63, 3.8) is 0 Å². The predicted molar refractivity (Wildman–Crippen MR) is 74.3 cm³/mol. The summed E-state index contributed by atoms with van der Waals surface area (Å²) in [5.74, 6) is 1.06. The van der Waals surface area contributed by atoms with Crippen LogP contribution in [0, 0.1) is 0 Å². The Balaban J connectivity index is 1.72. The fourth-order valence-electron chi connectivity index (χ4n) is 2.51. The van der Waals surface area contributed by atoms with Crippen molar-refractivity contribution in [2.24, 2.45) is 0 Å². The molecule has 0 bridgehead atoms. The predicted octanol–water partition coefficient (Wildman–Crippen LogP) is 1.82. The molecule has 0 N–H and O–H groups in total. The van der Waals surface area contributed by atoms with Crippen LogP contribution in [0.1, 0.15) is 11.1 Å². The lowest BCUT2D eigenvalue weighted by Crippen LogP contribution is -2.40. The Hall–Kier alpha value is -1.13.